The Hall–Kier alpha value is -2.67. The van der Waals surface area contributed by atoms with Crippen LogP contribution in [0, 0.1) is 0 Å². The van der Waals surface area contributed by atoms with Crippen molar-refractivity contribution in [2.24, 2.45) is 0 Å². The van der Waals surface area contributed by atoms with Crippen LogP contribution in [0.15, 0.2) is 60.0 Å². The van der Waals surface area contributed by atoms with Gasteiger partial charge in [0.1, 0.15) is 5.52 Å². The molecule has 138 valence electrons. The molecule has 1 saturated carbocycles. The molecule has 0 unspecified atom stereocenters. The fraction of sp³-hybridized carbons (Fsp3) is 0.300. The number of hydrogen-bond donors (Lipinski definition) is 0. The minimum atomic E-state index is -3.69. The summed E-state index contributed by atoms with van der Waals surface area (Å²) < 4.78 is 29.6. The number of benzene rings is 1. The van der Waals surface area contributed by atoms with Gasteiger partial charge in [-0.2, -0.15) is 0 Å². The van der Waals surface area contributed by atoms with Crippen molar-refractivity contribution in [3.63, 3.8) is 0 Å². The molecule has 5 rings (SSSR count). The Morgan fingerprint density at radius 3 is 2.52 bits per heavy atom. The molecule has 4 aromatic rings. The van der Waals surface area contributed by atoms with E-state index in [2.05, 4.69) is 14.5 Å². The van der Waals surface area contributed by atoms with Crippen LogP contribution in [0.4, 0.5) is 0 Å². The summed E-state index contributed by atoms with van der Waals surface area (Å²) in [5.74, 6) is 0. The van der Waals surface area contributed by atoms with Crippen molar-refractivity contribution in [3.05, 3.63) is 55.1 Å². The third kappa shape index (κ3) is 2.56. The molecule has 0 bridgehead atoms. The molecule has 0 saturated heterocycles. The maximum Gasteiger partial charge on any atom is 0.269 e. The SMILES string of the molecule is O=S(=O)(c1ccccc1)n1ccc2c3c(cnc21)ncn3C1CCCCC1. The van der Waals surface area contributed by atoms with Crippen LogP contribution in [0.5, 0.6) is 0 Å². The van der Waals surface area contributed by atoms with Crippen molar-refractivity contribution in [1.82, 2.24) is 18.5 Å². The highest BCUT2D eigenvalue weighted by Gasteiger charge is 2.23. The molecule has 27 heavy (non-hydrogen) atoms. The van der Waals surface area contributed by atoms with Crippen LogP contribution < -0.4 is 0 Å². The van der Waals surface area contributed by atoms with Crippen molar-refractivity contribution >= 4 is 32.1 Å². The van der Waals surface area contributed by atoms with E-state index >= 15 is 0 Å². The average molecular weight is 380 g/mol. The Morgan fingerprint density at radius 2 is 1.74 bits per heavy atom. The smallest absolute Gasteiger partial charge is 0.269 e. The lowest BCUT2D eigenvalue weighted by Crippen LogP contribution is -2.13. The predicted molar refractivity (Wildman–Crippen MR) is 104 cm³/mol. The van der Waals surface area contributed by atoms with Crippen molar-refractivity contribution in [3.8, 4) is 0 Å². The first-order valence-corrected chi connectivity index (χ1v) is 10.7. The standard InChI is InChI=1S/C20H20N4O2S/c25-27(26,16-9-5-2-6-10-16)24-12-11-17-19-18(13-21-20(17)24)22-14-23(19)15-7-3-1-4-8-15/h2,5-6,9-15H,1,3-4,7-8H2. The molecule has 0 spiro atoms. The molecule has 6 nitrogen and oxygen atoms in total. The molecule has 0 radical (unpaired) electrons. The Balaban J connectivity index is 1.71. The van der Waals surface area contributed by atoms with Crippen molar-refractivity contribution < 1.29 is 8.42 Å². The van der Waals surface area contributed by atoms with Crippen molar-refractivity contribution in [2.45, 2.75) is 43.0 Å². The van der Waals surface area contributed by atoms with Crippen LogP contribution >= 0.6 is 0 Å². The summed E-state index contributed by atoms with van der Waals surface area (Å²) >= 11 is 0. The summed E-state index contributed by atoms with van der Waals surface area (Å²) in [6.07, 6.45) is 11.2. The average Bonchev–Trinajstić information content (AvgIpc) is 3.33. The molecule has 0 atom stereocenters. The number of hydrogen-bond acceptors (Lipinski definition) is 4. The van der Waals surface area contributed by atoms with Crippen LogP contribution in [0.3, 0.4) is 0 Å². The van der Waals surface area contributed by atoms with E-state index in [-0.39, 0.29) is 4.90 Å². The fourth-order valence-corrected chi connectivity index (χ4v) is 5.45. The third-order valence-electron chi connectivity index (χ3n) is 5.48. The second-order valence-electron chi connectivity index (χ2n) is 7.10. The summed E-state index contributed by atoms with van der Waals surface area (Å²) in [5, 5.41) is 0.829. The first kappa shape index (κ1) is 16.5. The van der Waals surface area contributed by atoms with E-state index in [1.165, 1.54) is 23.2 Å². The number of nitrogens with zero attached hydrogens (tertiary/aromatic N) is 4. The van der Waals surface area contributed by atoms with Crippen LogP contribution in [0.25, 0.3) is 22.1 Å². The van der Waals surface area contributed by atoms with Gasteiger partial charge >= 0.3 is 0 Å². The number of rotatable bonds is 3. The van der Waals surface area contributed by atoms with E-state index in [0.29, 0.717) is 11.7 Å². The summed E-state index contributed by atoms with van der Waals surface area (Å²) in [7, 11) is -3.69. The van der Waals surface area contributed by atoms with Gasteiger partial charge in [-0.1, -0.05) is 37.5 Å². The zero-order valence-corrected chi connectivity index (χ0v) is 15.6. The molecule has 1 aromatic carbocycles. The zero-order valence-electron chi connectivity index (χ0n) is 14.8. The molecule has 1 aliphatic carbocycles. The van der Waals surface area contributed by atoms with E-state index in [1.54, 1.807) is 42.7 Å². The van der Waals surface area contributed by atoms with Gasteiger partial charge in [0.05, 0.1) is 22.9 Å². The topological polar surface area (TPSA) is 69.8 Å². The van der Waals surface area contributed by atoms with E-state index in [4.69, 9.17) is 0 Å². The largest absolute Gasteiger partial charge is 0.327 e. The minimum Gasteiger partial charge on any atom is -0.327 e. The molecule has 1 aliphatic rings. The van der Waals surface area contributed by atoms with E-state index in [1.807, 2.05) is 12.4 Å². The fourth-order valence-electron chi connectivity index (χ4n) is 4.12. The van der Waals surface area contributed by atoms with Crippen LogP contribution in [0.1, 0.15) is 38.1 Å². The number of fused-ring (bicyclic) bond motifs is 3. The van der Waals surface area contributed by atoms with Gasteiger partial charge in [-0.3, -0.25) is 0 Å². The summed E-state index contributed by atoms with van der Waals surface area (Å²) in [6.45, 7) is 0. The molecular formula is C20H20N4O2S. The highest BCUT2D eigenvalue weighted by Crippen LogP contribution is 2.34. The second kappa shape index (κ2) is 6.20. The van der Waals surface area contributed by atoms with Gasteiger partial charge in [0.2, 0.25) is 0 Å². The Labute approximate surface area is 157 Å². The molecule has 1 fully saturated rings. The normalized spacial score (nSPS) is 16.3. The van der Waals surface area contributed by atoms with E-state index in [9.17, 15) is 8.42 Å². The Bertz CT molecular complexity index is 1220. The number of aromatic nitrogens is 4. The van der Waals surface area contributed by atoms with Gasteiger partial charge in [-0.05, 0) is 31.0 Å². The van der Waals surface area contributed by atoms with E-state index < -0.39 is 10.0 Å². The molecule has 0 aliphatic heterocycles. The van der Waals surface area contributed by atoms with Gasteiger partial charge in [0.25, 0.3) is 10.0 Å². The molecule has 7 heteroatoms. The second-order valence-corrected chi connectivity index (χ2v) is 8.92. The summed E-state index contributed by atoms with van der Waals surface area (Å²) in [5.41, 5.74) is 2.24. The lowest BCUT2D eigenvalue weighted by atomic mass is 9.95. The van der Waals surface area contributed by atoms with Crippen LogP contribution in [-0.4, -0.2) is 26.9 Å². The van der Waals surface area contributed by atoms with Crippen LogP contribution in [0.2, 0.25) is 0 Å². The molecule has 3 heterocycles. The van der Waals surface area contributed by atoms with E-state index in [0.717, 1.165) is 29.3 Å². The Kier molecular flexibility index (Phi) is 3.79. The lowest BCUT2D eigenvalue weighted by Gasteiger charge is -2.23. The molecule has 0 amide bonds. The summed E-state index contributed by atoms with van der Waals surface area (Å²) in [4.78, 5) is 9.20. The zero-order chi connectivity index (χ0) is 18.4. The first-order valence-electron chi connectivity index (χ1n) is 9.29. The Morgan fingerprint density at radius 1 is 0.963 bits per heavy atom. The lowest BCUT2D eigenvalue weighted by molar-refractivity contribution is 0.360. The maximum absolute atomic E-state index is 13.1. The number of pyridine rings is 1. The highest BCUT2D eigenvalue weighted by molar-refractivity contribution is 7.90. The minimum absolute atomic E-state index is 0.255. The van der Waals surface area contributed by atoms with Crippen molar-refractivity contribution in [2.75, 3.05) is 0 Å². The highest BCUT2D eigenvalue weighted by atomic mass is 32.2. The first-order chi connectivity index (χ1) is 13.2. The number of imidazole rings is 1. The van der Waals surface area contributed by atoms with Gasteiger partial charge in [-0.25, -0.2) is 22.4 Å². The van der Waals surface area contributed by atoms with Gasteiger partial charge < -0.3 is 4.57 Å². The van der Waals surface area contributed by atoms with Gasteiger partial charge in [0.15, 0.2) is 5.65 Å². The van der Waals surface area contributed by atoms with Gasteiger partial charge in [-0.15, -0.1) is 0 Å². The van der Waals surface area contributed by atoms with Gasteiger partial charge in [0, 0.05) is 17.6 Å². The molecule has 0 N–H and O–H groups in total. The molecule has 3 aromatic heterocycles. The van der Waals surface area contributed by atoms with Crippen molar-refractivity contribution in [1.29, 1.82) is 0 Å². The summed E-state index contributed by atoms with van der Waals surface area (Å²) in [6, 6.07) is 10.7. The quantitative estimate of drug-likeness (QED) is 0.536. The van der Waals surface area contributed by atoms with Crippen LogP contribution in [-0.2, 0) is 10.0 Å². The monoisotopic (exact) mass is 380 g/mol. The predicted octanol–water partition coefficient (Wildman–Crippen LogP) is 4.13. The third-order valence-corrected chi connectivity index (χ3v) is 7.16. The maximum atomic E-state index is 13.1. The molecular weight excluding hydrogens is 360 g/mol.